The topological polar surface area (TPSA) is 39.7 Å². The lowest BCUT2D eigenvalue weighted by Gasteiger charge is -2.13. The molecule has 0 amide bonds. The first-order valence-electron chi connectivity index (χ1n) is 8.58. The summed E-state index contributed by atoms with van der Waals surface area (Å²) in [5.41, 5.74) is 2.19. The molecule has 4 nitrogen and oxygen atoms in total. The van der Waals surface area contributed by atoms with E-state index in [1.165, 1.54) is 0 Å². The van der Waals surface area contributed by atoms with Crippen LogP contribution in [0, 0.1) is 6.92 Å². The van der Waals surface area contributed by atoms with E-state index >= 15 is 0 Å². The summed E-state index contributed by atoms with van der Waals surface area (Å²) >= 11 is 0. The first kappa shape index (κ1) is 16.7. The summed E-state index contributed by atoms with van der Waals surface area (Å²) in [7, 11) is 0. The highest BCUT2D eigenvalue weighted by molar-refractivity contribution is 5.48. The molecule has 0 aromatic heterocycles. The first-order valence-corrected chi connectivity index (χ1v) is 8.58. The molecule has 24 heavy (non-hydrogen) atoms. The van der Waals surface area contributed by atoms with Gasteiger partial charge < -0.3 is 19.5 Å². The van der Waals surface area contributed by atoms with E-state index in [9.17, 15) is 0 Å². The van der Waals surface area contributed by atoms with Gasteiger partial charge in [-0.1, -0.05) is 24.3 Å². The molecular formula is C20H25NO3. The lowest BCUT2D eigenvalue weighted by molar-refractivity contribution is 0.0680. The van der Waals surface area contributed by atoms with Gasteiger partial charge in [0.1, 0.15) is 24.7 Å². The maximum absolute atomic E-state index is 5.83. The van der Waals surface area contributed by atoms with Crippen molar-refractivity contribution in [2.45, 2.75) is 25.9 Å². The second kappa shape index (κ2) is 8.60. The predicted molar refractivity (Wildman–Crippen MR) is 96.1 cm³/mol. The molecule has 1 saturated heterocycles. The van der Waals surface area contributed by atoms with Gasteiger partial charge in [0, 0.05) is 24.9 Å². The zero-order valence-corrected chi connectivity index (χ0v) is 14.2. The first-order chi connectivity index (χ1) is 11.8. The average Bonchev–Trinajstić information content (AvgIpc) is 3.12. The van der Waals surface area contributed by atoms with E-state index in [-0.39, 0.29) is 6.10 Å². The standard InChI is InChI=1S/C20H25NO3/c1-16-6-2-3-10-20(16)23-13-11-21-17-7-4-8-18(14-17)24-15-19-9-5-12-22-19/h2-4,6-8,10,14,19,21H,5,9,11-13,15H2,1H3. The van der Waals surface area contributed by atoms with Crippen LogP contribution in [-0.4, -0.2) is 32.5 Å². The van der Waals surface area contributed by atoms with Crippen LogP contribution in [0.1, 0.15) is 18.4 Å². The predicted octanol–water partition coefficient (Wildman–Crippen LogP) is 4.04. The van der Waals surface area contributed by atoms with Crippen LogP contribution < -0.4 is 14.8 Å². The largest absolute Gasteiger partial charge is 0.491 e. The number of anilines is 1. The Morgan fingerprint density at radius 2 is 2.04 bits per heavy atom. The monoisotopic (exact) mass is 327 g/mol. The molecule has 128 valence electrons. The molecule has 1 aliphatic heterocycles. The molecule has 0 spiro atoms. The van der Waals surface area contributed by atoms with Crippen LogP contribution in [0.2, 0.25) is 0 Å². The van der Waals surface area contributed by atoms with Crippen molar-refractivity contribution in [2.75, 3.05) is 31.7 Å². The molecule has 0 radical (unpaired) electrons. The third-order valence-corrected chi connectivity index (χ3v) is 4.08. The molecule has 4 heteroatoms. The maximum Gasteiger partial charge on any atom is 0.122 e. The minimum atomic E-state index is 0.240. The summed E-state index contributed by atoms with van der Waals surface area (Å²) in [6.45, 7) is 4.89. The van der Waals surface area contributed by atoms with Gasteiger partial charge in [-0.25, -0.2) is 0 Å². The number of hydrogen-bond acceptors (Lipinski definition) is 4. The fraction of sp³-hybridized carbons (Fsp3) is 0.400. The molecule has 1 unspecified atom stereocenters. The molecule has 1 fully saturated rings. The van der Waals surface area contributed by atoms with Crippen molar-refractivity contribution in [3.8, 4) is 11.5 Å². The number of nitrogens with one attached hydrogen (secondary N) is 1. The third kappa shape index (κ3) is 4.90. The van der Waals surface area contributed by atoms with Crippen LogP contribution >= 0.6 is 0 Å². The van der Waals surface area contributed by atoms with Gasteiger partial charge in [0.2, 0.25) is 0 Å². The van der Waals surface area contributed by atoms with E-state index < -0.39 is 0 Å². The Bertz CT molecular complexity index is 638. The molecule has 2 aromatic rings. The van der Waals surface area contributed by atoms with Crippen molar-refractivity contribution in [2.24, 2.45) is 0 Å². The Morgan fingerprint density at radius 3 is 2.88 bits per heavy atom. The van der Waals surface area contributed by atoms with Crippen molar-refractivity contribution in [1.82, 2.24) is 0 Å². The van der Waals surface area contributed by atoms with E-state index in [0.717, 1.165) is 48.7 Å². The minimum Gasteiger partial charge on any atom is -0.491 e. The molecule has 0 saturated carbocycles. The summed E-state index contributed by atoms with van der Waals surface area (Å²) in [4.78, 5) is 0. The molecule has 1 N–H and O–H groups in total. The fourth-order valence-corrected chi connectivity index (χ4v) is 2.74. The van der Waals surface area contributed by atoms with Crippen LogP contribution in [0.5, 0.6) is 11.5 Å². The SMILES string of the molecule is Cc1ccccc1OCCNc1cccc(OCC2CCCO2)c1. The Hall–Kier alpha value is -2.20. The number of ether oxygens (including phenoxy) is 3. The van der Waals surface area contributed by atoms with Crippen LogP contribution in [0.25, 0.3) is 0 Å². The van der Waals surface area contributed by atoms with Gasteiger partial charge in [-0.05, 0) is 43.5 Å². The molecule has 1 heterocycles. The Balaban J connectivity index is 1.42. The van der Waals surface area contributed by atoms with E-state index in [0.29, 0.717) is 13.2 Å². The Kier molecular flexibility index (Phi) is 5.96. The quantitative estimate of drug-likeness (QED) is 0.743. The molecule has 3 rings (SSSR count). The Labute approximate surface area is 143 Å². The maximum atomic E-state index is 5.83. The molecule has 1 atom stereocenters. The second-order valence-electron chi connectivity index (χ2n) is 6.01. The zero-order chi connectivity index (χ0) is 16.6. The Morgan fingerprint density at radius 1 is 1.12 bits per heavy atom. The smallest absolute Gasteiger partial charge is 0.122 e. The van der Waals surface area contributed by atoms with Crippen LogP contribution in [-0.2, 0) is 4.74 Å². The summed E-state index contributed by atoms with van der Waals surface area (Å²) < 4.78 is 17.2. The van der Waals surface area contributed by atoms with Gasteiger partial charge >= 0.3 is 0 Å². The summed E-state index contributed by atoms with van der Waals surface area (Å²) in [5, 5.41) is 3.37. The lowest BCUT2D eigenvalue weighted by atomic mass is 10.2. The van der Waals surface area contributed by atoms with Crippen molar-refractivity contribution in [3.63, 3.8) is 0 Å². The molecule has 2 aromatic carbocycles. The normalized spacial score (nSPS) is 16.8. The average molecular weight is 327 g/mol. The van der Waals surface area contributed by atoms with Gasteiger partial charge in [-0.3, -0.25) is 0 Å². The molecule has 1 aliphatic rings. The van der Waals surface area contributed by atoms with E-state index in [1.54, 1.807) is 0 Å². The highest BCUT2D eigenvalue weighted by Crippen LogP contribution is 2.20. The summed E-state index contributed by atoms with van der Waals surface area (Å²) in [5.74, 6) is 1.81. The number of hydrogen-bond donors (Lipinski definition) is 1. The zero-order valence-electron chi connectivity index (χ0n) is 14.2. The van der Waals surface area contributed by atoms with Gasteiger partial charge in [0.05, 0.1) is 6.10 Å². The van der Waals surface area contributed by atoms with Gasteiger partial charge in [0.15, 0.2) is 0 Å². The van der Waals surface area contributed by atoms with Crippen LogP contribution in [0.15, 0.2) is 48.5 Å². The number of rotatable bonds is 8. The lowest BCUT2D eigenvalue weighted by Crippen LogP contribution is -2.16. The summed E-state index contributed by atoms with van der Waals surface area (Å²) in [6, 6.07) is 16.1. The van der Waals surface area contributed by atoms with Gasteiger partial charge in [-0.2, -0.15) is 0 Å². The van der Waals surface area contributed by atoms with Crippen LogP contribution in [0.4, 0.5) is 5.69 Å². The second-order valence-corrected chi connectivity index (χ2v) is 6.01. The van der Waals surface area contributed by atoms with Gasteiger partial charge in [-0.15, -0.1) is 0 Å². The van der Waals surface area contributed by atoms with Crippen molar-refractivity contribution < 1.29 is 14.2 Å². The molecule has 0 bridgehead atoms. The molecule has 0 aliphatic carbocycles. The summed E-state index contributed by atoms with van der Waals surface area (Å²) in [6.07, 6.45) is 2.47. The molecular weight excluding hydrogens is 302 g/mol. The van der Waals surface area contributed by atoms with E-state index in [1.807, 2.05) is 42.5 Å². The van der Waals surface area contributed by atoms with Crippen molar-refractivity contribution in [3.05, 3.63) is 54.1 Å². The van der Waals surface area contributed by atoms with Gasteiger partial charge in [0.25, 0.3) is 0 Å². The van der Waals surface area contributed by atoms with Crippen LogP contribution in [0.3, 0.4) is 0 Å². The minimum absolute atomic E-state index is 0.240. The highest BCUT2D eigenvalue weighted by atomic mass is 16.5. The number of para-hydroxylation sites is 1. The number of benzene rings is 2. The van der Waals surface area contributed by atoms with Crippen molar-refractivity contribution in [1.29, 1.82) is 0 Å². The van der Waals surface area contributed by atoms with Crippen molar-refractivity contribution >= 4 is 5.69 Å². The van der Waals surface area contributed by atoms with E-state index in [4.69, 9.17) is 14.2 Å². The highest BCUT2D eigenvalue weighted by Gasteiger charge is 2.15. The van der Waals surface area contributed by atoms with E-state index in [2.05, 4.69) is 18.3 Å². The third-order valence-electron chi connectivity index (χ3n) is 4.08. The number of aryl methyl sites for hydroxylation is 1. The fourth-order valence-electron chi connectivity index (χ4n) is 2.74.